The molecule has 0 heterocycles. The Morgan fingerprint density at radius 2 is 2.06 bits per heavy atom. The van der Waals surface area contributed by atoms with Crippen LogP contribution in [-0.2, 0) is 9.53 Å². The number of unbranched alkanes of at least 4 members (excludes halogenated alkanes) is 1. The van der Waals surface area contributed by atoms with Crippen molar-refractivity contribution in [3.63, 3.8) is 0 Å². The third kappa shape index (κ3) is 5.35. The fraction of sp³-hybridized carbons (Fsp3) is 0.357. The fourth-order valence-electron chi connectivity index (χ4n) is 1.24. The molecule has 1 aromatic rings. The van der Waals surface area contributed by atoms with E-state index in [-0.39, 0.29) is 5.97 Å². The first kappa shape index (κ1) is 12.5. The molecule has 86 valence electrons. The van der Waals surface area contributed by atoms with E-state index >= 15 is 0 Å². The SMILES string of the molecule is CCCCOC(=O)C/C=C/c1ccccc1. The van der Waals surface area contributed by atoms with Crippen molar-refractivity contribution < 1.29 is 9.53 Å². The standard InChI is InChI=1S/C14H18O2/c1-2-3-12-16-14(15)11-7-10-13-8-5-4-6-9-13/h4-10H,2-3,11-12H2,1H3/b10-7+. The van der Waals surface area contributed by atoms with Crippen molar-refractivity contribution in [2.75, 3.05) is 6.61 Å². The maximum Gasteiger partial charge on any atom is 0.309 e. The Balaban J connectivity index is 2.24. The maximum atomic E-state index is 11.2. The second kappa shape index (κ2) is 7.69. The van der Waals surface area contributed by atoms with Gasteiger partial charge in [-0.3, -0.25) is 4.79 Å². The summed E-state index contributed by atoms with van der Waals surface area (Å²) in [4.78, 5) is 11.2. The highest BCUT2D eigenvalue weighted by Crippen LogP contribution is 2.02. The molecule has 0 spiro atoms. The van der Waals surface area contributed by atoms with Gasteiger partial charge < -0.3 is 4.74 Å². The average Bonchev–Trinajstić information content (AvgIpc) is 2.31. The van der Waals surface area contributed by atoms with Crippen molar-refractivity contribution in [3.8, 4) is 0 Å². The van der Waals surface area contributed by atoms with Crippen molar-refractivity contribution in [2.24, 2.45) is 0 Å². The molecular weight excluding hydrogens is 200 g/mol. The first-order valence-electron chi connectivity index (χ1n) is 5.70. The van der Waals surface area contributed by atoms with Gasteiger partial charge in [-0.05, 0) is 12.0 Å². The highest BCUT2D eigenvalue weighted by atomic mass is 16.5. The van der Waals surface area contributed by atoms with E-state index in [9.17, 15) is 4.79 Å². The van der Waals surface area contributed by atoms with E-state index in [4.69, 9.17) is 4.74 Å². The minimum Gasteiger partial charge on any atom is -0.465 e. The molecule has 0 aliphatic carbocycles. The third-order valence-electron chi connectivity index (χ3n) is 2.16. The summed E-state index contributed by atoms with van der Waals surface area (Å²) < 4.78 is 5.03. The van der Waals surface area contributed by atoms with Gasteiger partial charge in [0.2, 0.25) is 0 Å². The second-order valence-corrected chi connectivity index (χ2v) is 3.59. The van der Waals surface area contributed by atoms with Crippen LogP contribution in [0.1, 0.15) is 31.7 Å². The Morgan fingerprint density at radius 3 is 2.75 bits per heavy atom. The van der Waals surface area contributed by atoms with Crippen molar-refractivity contribution in [2.45, 2.75) is 26.2 Å². The zero-order chi connectivity index (χ0) is 11.6. The quantitative estimate of drug-likeness (QED) is 0.540. The summed E-state index contributed by atoms with van der Waals surface area (Å²) >= 11 is 0. The summed E-state index contributed by atoms with van der Waals surface area (Å²) in [6.45, 7) is 2.61. The number of carbonyl (C=O) groups is 1. The molecule has 0 bridgehead atoms. The van der Waals surface area contributed by atoms with Crippen LogP contribution in [0.15, 0.2) is 36.4 Å². The van der Waals surface area contributed by atoms with Crippen molar-refractivity contribution in [1.82, 2.24) is 0 Å². The van der Waals surface area contributed by atoms with E-state index in [1.54, 1.807) is 0 Å². The number of esters is 1. The van der Waals surface area contributed by atoms with E-state index in [1.807, 2.05) is 42.5 Å². The first-order valence-corrected chi connectivity index (χ1v) is 5.70. The topological polar surface area (TPSA) is 26.3 Å². The lowest BCUT2D eigenvalue weighted by Crippen LogP contribution is -2.03. The highest BCUT2D eigenvalue weighted by Gasteiger charge is 1.97. The number of benzene rings is 1. The van der Waals surface area contributed by atoms with Crippen LogP contribution in [0, 0.1) is 0 Å². The summed E-state index contributed by atoms with van der Waals surface area (Å²) in [5, 5.41) is 0. The molecule has 0 N–H and O–H groups in total. The Bertz CT molecular complexity index is 328. The molecule has 0 aromatic heterocycles. The minimum absolute atomic E-state index is 0.152. The van der Waals surface area contributed by atoms with Crippen LogP contribution in [0.3, 0.4) is 0 Å². The first-order chi connectivity index (χ1) is 7.83. The lowest BCUT2D eigenvalue weighted by Gasteiger charge is -2.00. The molecule has 0 atom stereocenters. The fourth-order valence-corrected chi connectivity index (χ4v) is 1.24. The largest absolute Gasteiger partial charge is 0.465 e. The molecule has 1 aromatic carbocycles. The molecule has 1 rings (SSSR count). The van der Waals surface area contributed by atoms with Gasteiger partial charge >= 0.3 is 5.97 Å². The molecule has 2 nitrogen and oxygen atoms in total. The molecule has 0 unspecified atom stereocenters. The predicted octanol–water partition coefficient (Wildman–Crippen LogP) is 3.43. The van der Waals surface area contributed by atoms with Gasteiger partial charge in [-0.1, -0.05) is 55.8 Å². The number of carbonyl (C=O) groups excluding carboxylic acids is 1. The highest BCUT2D eigenvalue weighted by molar-refractivity contribution is 5.72. The van der Waals surface area contributed by atoms with E-state index in [1.165, 1.54) is 0 Å². The second-order valence-electron chi connectivity index (χ2n) is 3.59. The summed E-state index contributed by atoms with van der Waals surface area (Å²) in [6, 6.07) is 9.91. The van der Waals surface area contributed by atoms with Crippen molar-refractivity contribution in [3.05, 3.63) is 42.0 Å². The molecule has 0 saturated heterocycles. The van der Waals surface area contributed by atoms with Crippen molar-refractivity contribution >= 4 is 12.0 Å². The summed E-state index contributed by atoms with van der Waals surface area (Å²) in [7, 11) is 0. The van der Waals surface area contributed by atoms with Gasteiger partial charge in [0, 0.05) is 0 Å². The van der Waals surface area contributed by atoms with Gasteiger partial charge in [-0.2, -0.15) is 0 Å². The Morgan fingerprint density at radius 1 is 1.31 bits per heavy atom. The molecule has 0 amide bonds. The smallest absolute Gasteiger partial charge is 0.309 e. The molecule has 0 radical (unpaired) electrons. The predicted molar refractivity (Wildman–Crippen MR) is 66.0 cm³/mol. The number of hydrogen-bond donors (Lipinski definition) is 0. The molecule has 16 heavy (non-hydrogen) atoms. The molecule has 0 aliphatic rings. The molecule has 0 saturated carbocycles. The van der Waals surface area contributed by atoms with Crippen LogP contribution in [0.2, 0.25) is 0 Å². The summed E-state index contributed by atoms with van der Waals surface area (Å²) in [5.74, 6) is -0.152. The van der Waals surface area contributed by atoms with E-state index < -0.39 is 0 Å². The molecule has 0 aliphatic heterocycles. The monoisotopic (exact) mass is 218 g/mol. The molecule has 0 fully saturated rings. The number of ether oxygens (including phenoxy) is 1. The van der Waals surface area contributed by atoms with Crippen LogP contribution in [0.25, 0.3) is 6.08 Å². The Hall–Kier alpha value is -1.57. The van der Waals surface area contributed by atoms with Crippen LogP contribution >= 0.6 is 0 Å². The summed E-state index contributed by atoms with van der Waals surface area (Å²) in [6.07, 6.45) is 6.10. The van der Waals surface area contributed by atoms with Crippen LogP contribution in [0.4, 0.5) is 0 Å². The number of hydrogen-bond acceptors (Lipinski definition) is 2. The van der Waals surface area contributed by atoms with Crippen LogP contribution in [0.5, 0.6) is 0 Å². The third-order valence-corrected chi connectivity index (χ3v) is 2.16. The zero-order valence-corrected chi connectivity index (χ0v) is 9.69. The normalized spacial score (nSPS) is 10.6. The van der Waals surface area contributed by atoms with Gasteiger partial charge in [0.25, 0.3) is 0 Å². The lowest BCUT2D eigenvalue weighted by molar-refractivity contribution is -0.142. The van der Waals surface area contributed by atoms with Gasteiger partial charge in [0.15, 0.2) is 0 Å². The van der Waals surface area contributed by atoms with Crippen molar-refractivity contribution in [1.29, 1.82) is 0 Å². The van der Waals surface area contributed by atoms with E-state index in [0.717, 1.165) is 18.4 Å². The Labute approximate surface area is 96.9 Å². The van der Waals surface area contributed by atoms with Gasteiger partial charge in [-0.15, -0.1) is 0 Å². The van der Waals surface area contributed by atoms with Gasteiger partial charge in [-0.25, -0.2) is 0 Å². The van der Waals surface area contributed by atoms with E-state index in [2.05, 4.69) is 6.92 Å². The molecular formula is C14H18O2. The van der Waals surface area contributed by atoms with Gasteiger partial charge in [0.05, 0.1) is 13.0 Å². The molecule has 2 heteroatoms. The van der Waals surface area contributed by atoms with Gasteiger partial charge in [0.1, 0.15) is 0 Å². The Kier molecular flexibility index (Phi) is 6.00. The lowest BCUT2D eigenvalue weighted by atomic mass is 10.2. The van der Waals surface area contributed by atoms with E-state index in [0.29, 0.717) is 13.0 Å². The summed E-state index contributed by atoms with van der Waals surface area (Å²) in [5.41, 5.74) is 1.10. The maximum absolute atomic E-state index is 11.2. The minimum atomic E-state index is -0.152. The zero-order valence-electron chi connectivity index (χ0n) is 9.69. The number of rotatable bonds is 6. The van der Waals surface area contributed by atoms with Crippen LogP contribution < -0.4 is 0 Å². The average molecular weight is 218 g/mol. The van der Waals surface area contributed by atoms with Crippen LogP contribution in [-0.4, -0.2) is 12.6 Å².